The van der Waals surface area contributed by atoms with E-state index in [9.17, 15) is 0 Å². The topological polar surface area (TPSA) is 55.5 Å². The molecule has 0 aliphatic rings. The highest BCUT2D eigenvalue weighted by molar-refractivity contribution is 5.07. The lowest BCUT2D eigenvalue weighted by Gasteiger charge is -2.12. The quantitative estimate of drug-likeness (QED) is 0.837. The number of hydrogen-bond acceptors (Lipinski definition) is 4. The van der Waals surface area contributed by atoms with Gasteiger partial charge in [-0.3, -0.25) is 4.90 Å². The Kier molecular flexibility index (Phi) is 3.44. The summed E-state index contributed by atoms with van der Waals surface area (Å²) in [5.41, 5.74) is 5.48. The second-order valence-corrected chi connectivity index (χ2v) is 3.82. The van der Waals surface area contributed by atoms with Gasteiger partial charge in [0.1, 0.15) is 17.3 Å². The van der Waals surface area contributed by atoms with E-state index in [4.69, 9.17) is 14.6 Å². The lowest BCUT2D eigenvalue weighted by molar-refractivity contribution is 0.262. The van der Waals surface area contributed by atoms with Gasteiger partial charge < -0.3 is 14.6 Å². The van der Waals surface area contributed by atoms with Gasteiger partial charge in [-0.1, -0.05) is 0 Å². The monoisotopic (exact) mass is 220 g/mol. The summed E-state index contributed by atoms with van der Waals surface area (Å²) in [6, 6.07) is 7.73. The highest BCUT2D eigenvalue weighted by Gasteiger charge is 2.06. The predicted molar refractivity (Wildman–Crippen MR) is 60.5 cm³/mol. The Morgan fingerprint density at radius 1 is 1.12 bits per heavy atom. The summed E-state index contributed by atoms with van der Waals surface area (Å²) in [5.74, 6) is 2.70. The molecule has 2 aromatic rings. The fraction of sp³-hybridized carbons (Fsp3) is 0.333. The van der Waals surface area contributed by atoms with Crippen molar-refractivity contribution in [2.24, 2.45) is 5.73 Å². The third kappa shape index (κ3) is 2.74. The second kappa shape index (κ2) is 5.01. The predicted octanol–water partition coefficient (Wildman–Crippen LogP) is 1.96. The summed E-state index contributed by atoms with van der Waals surface area (Å²) >= 11 is 0. The van der Waals surface area contributed by atoms with E-state index in [2.05, 4.69) is 4.90 Å². The zero-order chi connectivity index (χ0) is 11.4. The van der Waals surface area contributed by atoms with Gasteiger partial charge in [-0.05, 0) is 31.3 Å². The van der Waals surface area contributed by atoms with Crippen molar-refractivity contribution < 1.29 is 8.83 Å². The third-order valence-electron chi connectivity index (χ3n) is 2.35. The number of rotatable bonds is 5. The van der Waals surface area contributed by atoms with E-state index in [0.717, 1.165) is 30.4 Å². The smallest absolute Gasteiger partial charge is 0.118 e. The molecule has 4 heteroatoms. The fourth-order valence-corrected chi connectivity index (χ4v) is 1.61. The van der Waals surface area contributed by atoms with Gasteiger partial charge >= 0.3 is 0 Å². The molecule has 0 atom stereocenters. The van der Waals surface area contributed by atoms with E-state index in [-0.39, 0.29) is 0 Å². The van der Waals surface area contributed by atoms with Crippen molar-refractivity contribution in [3.63, 3.8) is 0 Å². The van der Waals surface area contributed by atoms with Crippen molar-refractivity contribution in [2.75, 3.05) is 7.05 Å². The van der Waals surface area contributed by atoms with Crippen molar-refractivity contribution >= 4 is 0 Å². The van der Waals surface area contributed by atoms with E-state index in [1.54, 1.807) is 6.26 Å². The number of nitrogens with two attached hydrogens (primary N) is 1. The number of furan rings is 2. The second-order valence-electron chi connectivity index (χ2n) is 3.82. The average Bonchev–Trinajstić information content (AvgIpc) is 2.89. The molecule has 0 saturated heterocycles. The van der Waals surface area contributed by atoms with Crippen molar-refractivity contribution in [3.05, 3.63) is 47.8 Å². The Balaban J connectivity index is 1.89. The van der Waals surface area contributed by atoms with E-state index in [1.165, 1.54) is 0 Å². The summed E-state index contributed by atoms with van der Waals surface area (Å²) in [6.07, 6.45) is 1.68. The van der Waals surface area contributed by atoms with Crippen LogP contribution in [0.25, 0.3) is 0 Å². The Bertz CT molecular complexity index is 420. The van der Waals surface area contributed by atoms with Gasteiger partial charge in [-0.15, -0.1) is 0 Å². The van der Waals surface area contributed by atoms with Crippen LogP contribution in [-0.2, 0) is 19.6 Å². The van der Waals surface area contributed by atoms with Gasteiger partial charge in [0.05, 0.1) is 25.9 Å². The Morgan fingerprint density at radius 3 is 2.50 bits per heavy atom. The average molecular weight is 220 g/mol. The fourth-order valence-electron chi connectivity index (χ4n) is 1.61. The molecule has 0 bridgehead atoms. The van der Waals surface area contributed by atoms with Crippen LogP contribution < -0.4 is 5.73 Å². The largest absolute Gasteiger partial charge is 0.468 e. The van der Waals surface area contributed by atoms with E-state index in [0.29, 0.717) is 6.54 Å². The molecule has 2 heterocycles. The van der Waals surface area contributed by atoms with E-state index in [1.807, 2.05) is 31.3 Å². The van der Waals surface area contributed by atoms with Gasteiger partial charge in [0.25, 0.3) is 0 Å². The summed E-state index contributed by atoms with van der Waals surface area (Å²) in [7, 11) is 2.02. The maximum absolute atomic E-state index is 5.53. The van der Waals surface area contributed by atoms with Crippen LogP contribution in [0.4, 0.5) is 0 Å². The van der Waals surface area contributed by atoms with Crippen LogP contribution in [0, 0.1) is 0 Å². The molecule has 0 amide bonds. The summed E-state index contributed by atoms with van der Waals surface area (Å²) in [5, 5.41) is 0. The molecule has 0 radical (unpaired) electrons. The molecule has 16 heavy (non-hydrogen) atoms. The lowest BCUT2D eigenvalue weighted by Crippen LogP contribution is -2.16. The zero-order valence-electron chi connectivity index (χ0n) is 9.35. The van der Waals surface area contributed by atoms with Gasteiger partial charge in [-0.25, -0.2) is 0 Å². The van der Waals surface area contributed by atoms with Gasteiger partial charge in [-0.2, -0.15) is 0 Å². The number of hydrogen-bond donors (Lipinski definition) is 1. The van der Waals surface area contributed by atoms with Crippen LogP contribution in [0.5, 0.6) is 0 Å². The van der Waals surface area contributed by atoms with Gasteiger partial charge in [0, 0.05) is 0 Å². The number of nitrogens with zero attached hydrogens (tertiary/aromatic N) is 1. The van der Waals surface area contributed by atoms with Gasteiger partial charge in [0.2, 0.25) is 0 Å². The molecule has 4 nitrogen and oxygen atoms in total. The molecule has 0 fully saturated rings. The first-order chi connectivity index (χ1) is 7.78. The van der Waals surface area contributed by atoms with Crippen molar-refractivity contribution in [1.29, 1.82) is 0 Å². The molecule has 0 aliphatic heterocycles. The summed E-state index contributed by atoms with van der Waals surface area (Å²) in [6.45, 7) is 1.97. The van der Waals surface area contributed by atoms with Crippen LogP contribution >= 0.6 is 0 Å². The van der Waals surface area contributed by atoms with Crippen LogP contribution in [0.15, 0.2) is 39.4 Å². The first-order valence-corrected chi connectivity index (χ1v) is 5.26. The Morgan fingerprint density at radius 2 is 1.88 bits per heavy atom. The third-order valence-corrected chi connectivity index (χ3v) is 2.35. The van der Waals surface area contributed by atoms with E-state index >= 15 is 0 Å². The van der Waals surface area contributed by atoms with Crippen LogP contribution in [0.2, 0.25) is 0 Å². The molecule has 2 aromatic heterocycles. The van der Waals surface area contributed by atoms with Gasteiger partial charge in [0.15, 0.2) is 0 Å². The molecule has 0 aliphatic carbocycles. The minimum Gasteiger partial charge on any atom is -0.468 e. The summed E-state index contributed by atoms with van der Waals surface area (Å²) in [4.78, 5) is 2.12. The van der Waals surface area contributed by atoms with Crippen LogP contribution in [0.1, 0.15) is 17.3 Å². The minimum absolute atomic E-state index is 0.446. The minimum atomic E-state index is 0.446. The van der Waals surface area contributed by atoms with Crippen LogP contribution in [-0.4, -0.2) is 11.9 Å². The maximum Gasteiger partial charge on any atom is 0.118 e. The lowest BCUT2D eigenvalue weighted by atomic mass is 10.3. The summed E-state index contributed by atoms with van der Waals surface area (Å²) < 4.78 is 10.8. The standard InChI is InChI=1S/C12H16N2O2/c1-14(8-11-3-2-6-15-11)9-12-5-4-10(7-13)16-12/h2-6H,7-9,13H2,1H3. The molecule has 0 aromatic carbocycles. The van der Waals surface area contributed by atoms with E-state index < -0.39 is 0 Å². The first kappa shape index (κ1) is 11.0. The Labute approximate surface area is 94.6 Å². The van der Waals surface area contributed by atoms with Crippen molar-refractivity contribution in [2.45, 2.75) is 19.6 Å². The normalized spacial score (nSPS) is 11.2. The highest BCUT2D eigenvalue weighted by Crippen LogP contribution is 2.11. The molecule has 0 spiro atoms. The molecule has 86 valence electrons. The molecule has 2 N–H and O–H groups in total. The molecular weight excluding hydrogens is 204 g/mol. The highest BCUT2D eigenvalue weighted by atomic mass is 16.3. The zero-order valence-corrected chi connectivity index (χ0v) is 9.35. The molecule has 0 saturated carbocycles. The Hall–Kier alpha value is -1.52. The molecular formula is C12H16N2O2. The molecule has 0 unspecified atom stereocenters. The SMILES string of the molecule is CN(Cc1ccco1)Cc1ccc(CN)o1. The van der Waals surface area contributed by atoms with Crippen LogP contribution in [0.3, 0.4) is 0 Å². The maximum atomic E-state index is 5.53. The first-order valence-electron chi connectivity index (χ1n) is 5.26. The van der Waals surface area contributed by atoms with Crippen molar-refractivity contribution in [3.8, 4) is 0 Å². The molecule has 2 rings (SSSR count). The van der Waals surface area contributed by atoms with Crippen molar-refractivity contribution in [1.82, 2.24) is 4.90 Å².